The van der Waals surface area contributed by atoms with Crippen molar-refractivity contribution in [3.63, 3.8) is 0 Å². The van der Waals surface area contributed by atoms with E-state index in [0.717, 1.165) is 32.7 Å². The van der Waals surface area contributed by atoms with E-state index in [1.54, 1.807) is 0 Å². The summed E-state index contributed by atoms with van der Waals surface area (Å²) in [6.45, 7) is 4.08. The Labute approximate surface area is 188 Å². The maximum Gasteiger partial charge on any atom is 0.239 e. The molecule has 2 aromatic heterocycles. The number of fused-ring (bicyclic) bond motifs is 1. The van der Waals surface area contributed by atoms with Gasteiger partial charge in [-0.1, -0.05) is 60.6 Å². The number of hydrogen-bond donors (Lipinski definition) is 1. The number of thioether (sulfide) groups is 1. The maximum atomic E-state index is 12.9. The molecule has 0 fully saturated rings. The monoisotopic (exact) mass is 453 g/mol. The summed E-state index contributed by atoms with van der Waals surface area (Å²) < 4.78 is 0. The predicted molar refractivity (Wildman–Crippen MR) is 128 cm³/mol. The number of benzene rings is 2. The molecule has 4 nitrogen and oxygen atoms in total. The number of thiazole rings is 1. The number of hydrogen-bond acceptors (Lipinski definition) is 5. The van der Waals surface area contributed by atoms with Crippen LogP contribution in [0.1, 0.15) is 18.9 Å². The highest BCUT2D eigenvalue weighted by atomic mass is 35.5. The number of aromatic nitrogens is 2. The quantitative estimate of drug-likeness (QED) is 0.325. The lowest BCUT2D eigenvalue weighted by Crippen LogP contribution is -2.24. The molecule has 0 aliphatic heterocycles. The molecule has 4 aromatic rings. The molecule has 0 saturated heterocycles. The van der Waals surface area contributed by atoms with E-state index in [9.17, 15) is 4.79 Å². The van der Waals surface area contributed by atoms with Gasteiger partial charge >= 0.3 is 0 Å². The standard InChI is InChI=1S/C23H20ClN3OS2/c1-3-20(30-21-12-14(2)17-6-4-5-7-18(17)25-21)22(28)27-23-26-19(13-29-23)15-8-10-16(24)11-9-15/h4-13,20H,3H2,1-2H3,(H,26,27,28). The fourth-order valence-electron chi connectivity index (χ4n) is 3.12. The number of halogens is 1. The van der Waals surface area contributed by atoms with Crippen LogP contribution >= 0.6 is 34.7 Å². The number of nitrogens with zero attached hydrogens (tertiary/aromatic N) is 2. The summed E-state index contributed by atoms with van der Waals surface area (Å²) in [7, 11) is 0. The van der Waals surface area contributed by atoms with Crippen molar-refractivity contribution in [2.24, 2.45) is 0 Å². The summed E-state index contributed by atoms with van der Waals surface area (Å²) in [5.74, 6) is -0.0629. The second kappa shape index (κ2) is 9.16. The summed E-state index contributed by atoms with van der Waals surface area (Å²) in [4.78, 5) is 22.1. The van der Waals surface area contributed by atoms with E-state index in [4.69, 9.17) is 16.6 Å². The fraction of sp³-hybridized carbons (Fsp3) is 0.174. The van der Waals surface area contributed by atoms with Crippen molar-refractivity contribution in [3.8, 4) is 11.3 Å². The molecule has 2 heterocycles. The molecule has 1 amide bonds. The van der Waals surface area contributed by atoms with Crippen molar-refractivity contribution in [2.45, 2.75) is 30.5 Å². The van der Waals surface area contributed by atoms with E-state index < -0.39 is 0 Å². The number of anilines is 1. The third-order valence-corrected chi connectivity index (χ3v) is 6.99. The van der Waals surface area contributed by atoms with Crippen LogP contribution < -0.4 is 5.32 Å². The van der Waals surface area contributed by atoms with Crippen molar-refractivity contribution in [3.05, 3.63) is 70.6 Å². The zero-order valence-electron chi connectivity index (χ0n) is 16.6. The van der Waals surface area contributed by atoms with Gasteiger partial charge in [-0.25, -0.2) is 9.97 Å². The molecule has 1 unspecified atom stereocenters. The number of nitrogens with one attached hydrogen (secondary N) is 1. The van der Waals surface area contributed by atoms with Gasteiger partial charge in [-0.05, 0) is 43.2 Å². The van der Waals surface area contributed by atoms with E-state index >= 15 is 0 Å². The zero-order valence-corrected chi connectivity index (χ0v) is 18.9. The summed E-state index contributed by atoms with van der Waals surface area (Å²) in [6, 6.07) is 17.6. The van der Waals surface area contributed by atoms with Gasteiger partial charge in [0.15, 0.2) is 5.13 Å². The molecule has 152 valence electrons. The minimum Gasteiger partial charge on any atom is -0.301 e. The van der Waals surface area contributed by atoms with Crippen molar-refractivity contribution < 1.29 is 4.79 Å². The van der Waals surface area contributed by atoms with Crippen molar-refractivity contribution in [1.82, 2.24) is 9.97 Å². The lowest BCUT2D eigenvalue weighted by molar-refractivity contribution is -0.115. The zero-order chi connectivity index (χ0) is 21.1. The Morgan fingerprint density at radius 3 is 2.70 bits per heavy atom. The molecule has 30 heavy (non-hydrogen) atoms. The van der Waals surface area contributed by atoms with Crippen LogP contribution in [-0.2, 0) is 4.79 Å². The number of carbonyl (C=O) groups excluding carboxylic acids is 1. The highest BCUT2D eigenvalue weighted by Crippen LogP contribution is 2.30. The Bertz CT molecular complexity index is 1190. The second-order valence-corrected chi connectivity index (χ2v) is 9.36. The van der Waals surface area contributed by atoms with Gasteiger partial charge in [-0.3, -0.25) is 4.79 Å². The Morgan fingerprint density at radius 2 is 1.93 bits per heavy atom. The predicted octanol–water partition coefficient (Wildman–Crippen LogP) is 6.83. The van der Waals surface area contributed by atoms with Gasteiger partial charge in [0.2, 0.25) is 5.91 Å². The Kier molecular flexibility index (Phi) is 6.37. The molecule has 0 aliphatic carbocycles. The lowest BCUT2D eigenvalue weighted by Gasteiger charge is -2.14. The number of para-hydroxylation sites is 1. The van der Waals surface area contributed by atoms with Crippen LogP contribution in [-0.4, -0.2) is 21.1 Å². The van der Waals surface area contributed by atoms with Crippen LogP contribution in [0, 0.1) is 6.92 Å². The summed E-state index contributed by atoms with van der Waals surface area (Å²) >= 11 is 8.85. The first-order valence-corrected chi connectivity index (χ1v) is 11.7. The van der Waals surface area contributed by atoms with E-state index in [1.165, 1.54) is 23.1 Å². The van der Waals surface area contributed by atoms with Gasteiger partial charge in [0.25, 0.3) is 0 Å². The normalized spacial score (nSPS) is 12.1. The van der Waals surface area contributed by atoms with E-state index in [2.05, 4.69) is 23.3 Å². The number of carbonyl (C=O) groups is 1. The molecule has 0 bridgehead atoms. The lowest BCUT2D eigenvalue weighted by atomic mass is 10.1. The average molecular weight is 454 g/mol. The third kappa shape index (κ3) is 4.67. The molecule has 7 heteroatoms. The molecule has 2 aromatic carbocycles. The summed E-state index contributed by atoms with van der Waals surface area (Å²) in [5.41, 5.74) is 3.89. The first-order chi connectivity index (χ1) is 14.5. The van der Waals surface area contributed by atoms with Crippen LogP contribution in [0.4, 0.5) is 5.13 Å². The number of rotatable bonds is 6. The summed E-state index contributed by atoms with van der Waals surface area (Å²) in [6.07, 6.45) is 0.694. The van der Waals surface area contributed by atoms with Crippen LogP contribution in [0.25, 0.3) is 22.2 Å². The Hall–Kier alpha value is -2.41. The van der Waals surface area contributed by atoms with Crippen LogP contribution in [0.3, 0.4) is 0 Å². The van der Waals surface area contributed by atoms with E-state index in [1.807, 2.05) is 60.8 Å². The molecule has 0 saturated carbocycles. The largest absolute Gasteiger partial charge is 0.301 e. The number of aryl methyl sites for hydroxylation is 1. The first kappa shape index (κ1) is 20.8. The van der Waals surface area contributed by atoms with Crippen LogP contribution in [0.5, 0.6) is 0 Å². The maximum absolute atomic E-state index is 12.9. The van der Waals surface area contributed by atoms with Gasteiger partial charge < -0.3 is 5.32 Å². The van der Waals surface area contributed by atoms with Gasteiger partial charge in [0.05, 0.1) is 21.5 Å². The average Bonchev–Trinajstić information content (AvgIpc) is 3.21. The van der Waals surface area contributed by atoms with Crippen molar-refractivity contribution in [1.29, 1.82) is 0 Å². The number of pyridine rings is 1. The third-order valence-electron chi connectivity index (χ3n) is 4.70. The molecule has 0 spiro atoms. The minimum atomic E-state index is -0.249. The molecular formula is C23H20ClN3OS2. The SMILES string of the molecule is CCC(Sc1cc(C)c2ccccc2n1)C(=O)Nc1nc(-c2ccc(Cl)cc2)cs1. The Balaban J connectivity index is 1.48. The smallest absolute Gasteiger partial charge is 0.239 e. The van der Waals surface area contributed by atoms with Crippen LogP contribution in [0.15, 0.2) is 65.0 Å². The molecule has 4 rings (SSSR count). The van der Waals surface area contributed by atoms with E-state index in [-0.39, 0.29) is 11.2 Å². The molecule has 0 radical (unpaired) electrons. The number of amides is 1. The summed E-state index contributed by atoms with van der Waals surface area (Å²) in [5, 5.41) is 7.91. The highest BCUT2D eigenvalue weighted by Gasteiger charge is 2.20. The molecular weight excluding hydrogens is 434 g/mol. The van der Waals surface area contributed by atoms with Crippen molar-refractivity contribution in [2.75, 3.05) is 5.32 Å². The van der Waals surface area contributed by atoms with Crippen molar-refractivity contribution >= 4 is 56.6 Å². The second-order valence-electron chi connectivity index (χ2n) is 6.84. The highest BCUT2D eigenvalue weighted by molar-refractivity contribution is 8.00. The van der Waals surface area contributed by atoms with E-state index in [0.29, 0.717) is 16.6 Å². The Morgan fingerprint density at radius 1 is 1.17 bits per heavy atom. The van der Waals surface area contributed by atoms with Gasteiger partial charge in [-0.2, -0.15) is 0 Å². The van der Waals surface area contributed by atoms with Gasteiger partial charge in [0, 0.05) is 21.4 Å². The fourth-order valence-corrected chi connectivity index (χ4v) is 4.99. The topological polar surface area (TPSA) is 54.9 Å². The van der Waals surface area contributed by atoms with Gasteiger partial charge in [0.1, 0.15) is 0 Å². The van der Waals surface area contributed by atoms with Gasteiger partial charge in [-0.15, -0.1) is 11.3 Å². The van der Waals surface area contributed by atoms with Crippen LogP contribution in [0.2, 0.25) is 5.02 Å². The molecule has 0 aliphatic rings. The molecule has 1 atom stereocenters. The first-order valence-electron chi connectivity index (χ1n) is 9.59. The minimum absolute atomic E-state index is 0.0629. The molecule has 1 N–H and O–H groups in total.